The van der Waals surface area contributed by atoms with Gasteiger partial charge in [0.05, 0.1) is 17.8 Å². The lowest BCUT2D eigenvalue weighted by atomic mass is 10.1. The second-order valence-electron chi connectivity index (χ2n) is 4.23. The summed E-state index contributed by atoms with van der Waals surface area (Å²) in [7, 11) is 0. The van der Waals surface area contributed by atoms with Crippen molar-refractivity contribution in [3.63, 3.8) is 0 Å². The van der Waals surface area contributed by atoms with Crippen LogP contribution in [0, 0.1) is 0 Å². The molecule has 5 nitrogen and oxygen atoms in total. The molecule has 0 aliphatic carbocycles. The molecule has 106 valence electrons. The van der Waals surface area contributed by atoms with Gasteiger partial charge < -0.3 is 11.1 Å². The van der Waals surface area contributed by atoms with Crippen LogP contribution in [0.4, 0.5) is 5.69 Å². The molecular weight excluding hydrogens is 254 g/mol. The van der Waals surface area contributed by atoms with E-state index in [1.165, 1.54) is 0 Å². The van der Waals surface area contributed by atoms with Gasteiger partial charge in [0.1, 0.15) is 0 Å². The lowest BCUT2D eigenvalue weighted by molar-refractivity contribution is -0.117. The van der Waals surface area contributed by atoms with Gasteiger partial charge in [0.25, 0.3) is 5.91 Å². The summed E-state index contributed by atoms with van der Waals surface area (Å²) in [6.07, 6.45) is 3.43. The van der Waals surface area contributed by atoms with Crippen LogP contribution < -0.4 is 11.1 Å². The van der Waals surface area contributed by atoms with E-state index >= 15 is 0 Å². The Hall–Kier alpha value is -2.40. The highest BCUT2D eigenvalue weighted by atomic mass is 16.2. The third kappa shape index (κ3) is 4.70. The molecule has 1 rings (SSSR count). The number of carbonyl (C=O) groups excluding carboxylic acids is 2. The molecule has 2 amide bonds. The van der Waals surface area contributed by atoms with E-state index in [0.29, 0.717) is 24.3 Å². The largest absolute Gasteiger partial charge is 0.366 e. The number of nitrogens with one attached hydrogen (secondary N) is 1. The molecule has 0 spiro atoms. The highest BCUT2D eigenvalue weighted by molar-refractivity contribution is 6.03. The zero-order valence-electron chi connectivity index (χ0n) is 11.3. The molecule has 0 saturated heterocycles. The summed E-state index contributed by atoms with van der Waals surface area (Å²) in [5, 5.41) is 2.69. The van der Waals surface area contributed by atoms with E-state index in [0.717, 1.165) is 0 Å². The number of nitrogens with zero attached hydrogens (tertiary/aromatic N) is 1. The molecule has 0 saturated carbocycles. The van der Waals surface area contributed by atoms with Gasteiger partial charge in [-0.3, -0.25) is 14.5 Å². The molecular formula is C15H19N3O2. The molecule has 0 radical (unpaired) electrons. The average Bonchev–Trinajstić information content (AvgIpc) is 2.39. The maximum atomic E-state index is 12.0. The number of hydrogen-bond acceptors (Lipinski definition) is 3. The van der Waals surface area contributed by atoms with Crippen molar-refractivity contribution in [1.82, 2.24) is 4.90 Å². The van der Waals surface area contributed by atoms with Crippen LogP contribution in [0.5, 0.6) is 0 Å². The van der Waals surface area contributed by atoms with Crippen LogP contribution in [0.2, 0.25) is 0 Å². The number of nitrogens with two attached hydrogens (primary N) is 1. The third-order valence-electron chi connectivity index (χ3n) is 2.61. The second-order valence-corrected chi connectivity index (χ2v) is 4.23. The minimum absolute atomic E-state index is 0.186. The van der Waals surface area contributed by atoms with E-state index in [2.05, 4.69) is 18.5 Å². The van der Waals surface area contributed by atoms with Crippen molar-refractivity contribution < 1.29 is 9.59 Å². The Balaban J connectivity index is 2.72. The lowest BCUT2D eigenvalue weighted by Gasteiger charge is -2.18. The van der Waals surface area contributed by atoms with Crippen LogP contribution in [-0.4, -0.2) is 36.3 Å². The molecule has 20 heavy (non-hydrogen) atoms. The van der Waals surface area contributed by atoms with Gasteiger partial charge >= 0.3 is 0 Å². The Morgan fingerprint density at radius 1 is 1.20 bits per heavy atom. The van der Waals surface area contributed by atoms with Crippen LogP contribution in [0.25, 0.3) is 0 Å². The standard InChI is InChI=1S/C15H19N3O2/c1-3-9-18(10-4-2)11-14(19)17-13-8-6-5-7-12(13)15(16)20/h3-8H,1-2,9-11H2,(H2,16,20)(H,17,19). The fraction of sp³-hybridized carbons (Fsp3) is 0.200. The molecule has 0 aliphatic rings. The van der Waals surface area contributed by atoms with Gasteiger partial charge in [-0.05, 0) is 12.1 Å². The maximum Gasteiger partial charge on any atom is 0.250 e. The van der Waals surface area contributed by atoms with Crippen molar-refractivity contribution in [2.24, 2.45) is 5.73 Å². The van der Waals surface area contributed by atoms with Gasteiger partial charge in [0.2, 0.25) is 5.91 Å². The van der Waals surface area contributed by atoms with Crippen molar-refractivity contribution >= 4 is 17.5 Å². The molecule has 5 heteroatoms. The highest BCUT2D eigenvalue weighted by Crippen LogP contribution is 2.14. The van der Waals surface area contributed by atoms with Crippen LogP contribution in [0.3, 0.4) is 0 Å². The number of rotatable bonds is 8. The van der Waals surface area contributed by atoms with E-state index in [1.807, 2.05) is 4.90 Å². The number of primary amides is 1. The summed E-state index contributed by atoms with van der Waals surface area (Å²) in [5.74, 6) is -0.794. The van der Waals surface area contributed by atoms with E-state index in [9.17, 15) is 9.59 Å². The van der Waals surface area contributed by atoms with Crippen LogP contribution in [0.15, 0.2) is 49.6 Å². The number of hydrogen-bond donors (Lipinski definition) is 2. The maximum absolute atomic E-state index is 12.0. The second kappa shape index (κ2) is 7.91. The number of amides is 2. The van der Waals surface area contributed by atoms with Gasteiger partial charge in [-0.25, -0.2) is 0 Å². The first-order valence-corrected chi connectivity index (χ1v) is 6.21. The van der Waals surface area contributed by atoms with Gasteiger partial charge in [0, 0.05) is 13.1 Å². The SMILES string of the molecule is C=CCN(CC=C)CC(=O)Nc1ccccc1C(N)=O. The predicted octanol–water partition coefficient (Wildman–Crippen LogP) is 1.40. The van der Waals surface area contributed by atoms with Crippen molar-refractivity contribution in [2.75, 3.05) is 25.0 Å². The molecule has 1 aromatic rings. The smallest absolute Gasteiger partial charge is 0.250 e. The fourth-order valence-corrected chi connectivity index (χ4v) is 1.77. The average molecular weight is 273 g/mol. The summed E-state index contributed by atoms with van der Waals surface area (Å²) in [5.41, 5.74) is 5.97. The Labute approximate surface area is 118 Å². The molecule has 1 aromatic carbocycles. The van der Waals surface area contributed by atoms with Gasteiger partial charge in [0.15, 0.2) is 0 Å². The summed E-state index contributed by atoms with van der Waals surface area (Å²) >= 11 is 0. The van der Waals surface area contributed by atoms with Gasteiger partial charge in [-0.15, -0.1) is 13.2 Å². The van der Waals surface area contributed by atoms with Crippen molar-refractivity contribution in [3.8, 4) is 0 Å². The highest BCUT2D eigenvalue weighted by Gasteiger charge is 2.12. The summed E-state index contributed by atoms with van der Waals surface area (Å²) < 4.78 is 0. The van der Waals surface area contributed by atoms with Crippen LogP contribution in [0.1, 0.15) is 10.4 Å². The lowest BCUT2D eigenvalue weighted by Crippen LogP contribution is -2.34. The first-order valence-electron chi connectivity index (χ1n) is 6.21. The zero-order chi connectivity index (χ0) is 15.0. The first kappa shape index (κ1) is 15.7. The molecule has 3 N–H and O–H groups in total. The van der Waals surface area contributed by atoms with E-state index in [1.54, 1.807) is 36.4 Å². The minimum atomic E-state index is -0.574. The zero-order valence-corrected chi connectivity index (χ0v) is 11.3. The summed E-state index contributed by atoms with van der Waals surface area (Å²) in [4.78, 5) is 25.1. The Bertz CT molecular complexity index is 502. The predicted molar refractivity (Wildman–Crippen MR) is 80.4 cm³/mol. The van der Waals surface area contributed by atoms with Crippen molar-refractivity contribution in [1.29, 1.82) is 0 Å². The monoisotopic (exact) mass is 273 g/mol. The number of para-hydroxylation sites is 1. The molecule has 0 bridgehead atoms. The third-order valence-corrected chi connectivity index (χ3v) is 2.61. The van der Waals surface area contributed by atoms with Gasteiger partial charge in [-0.1, -0.05) is 24.3 Å². The quantitative estimate of drug-likeness (QED) is 0.703. The van der Waals surface area contributed by atoms with E-state index < -0.39 is 5.91 Å². The number of anilines is 1. The van der Waals surface area contributed by atoms with Crippen molar-refractivity contribution in [3.05, 3.63) is 55.1 Å². The number of benzene rings is 1. The van der Waals surface area contributed by atoms with E-state index in [4.69, 9.17) is 5.73 Å². The summed E-state index contributed by atoms with van der Waals surface area (Å²) in [6, 6.07) is 6.64. The normalized spacial score (nSPS) is 10.1. The molecule has 0 unspecified atom stereocenters. The Kier molecular flexibility index (Phi) is 6.19. The Morgan fingerprint density at radius 2 is 1.80 bits per heavy atom. The van der Waals surface area contributed by atoms with E-state index in [-0.39, 0.29) is 12.5 Å². The molecule has 0 atom stereocenters. The molecule has 0 heterocycles. The molecule has 0 aromatic heterocycles. The molecule has 0 fully saturated rings. The fourth-order valence-electron chi connectivity index (χ4n) is 1.77. The first-order chi connectivity index (χ1) is 9.58. The van der Waals surface area contributed by atoms with Crippen LogP contribution >= 0.6 is 0 Å². The molecule has 0 aliphatic heterocycles. The topological polar surface area (TPSA) is 75.4 Å². The van der Waals surface area contributed by atoms with Crippen molar-refractivity contribution in [2.45, 2.75) is 0 Å². The van der Waals surface area contributed by atoms with Crippen LogP contribution in [-0.2, 0) is 4.79 Å². The van der Waals surface area contributed by atoms with Gasteiger partial charge in [-0.2, -0.15) is 0 Å². The summed E-state index contributed by atoms with van der Waals surface area (Å²) in [6.45, 7) is 8.63. The minimum Gasteiger partial charge on any atom is -0.366 e. The number of carbonyl (C=O) groups is 2. The Morgan fingerprint density at radius 3 is 2.35 bits per heavy atom.